The van der Waals surface area contributed by atoms with Crippen molar-refractivity contribution in [3.05, 3.63) is 11.9 Å². The highest BCUT2D eigenvalue weighted by molar-refractivity contribution is 7.89. The lowest BCUT2D eigenvalue weighted by molar-refractivity contribution is 0.349. The predicted octanol–water partition coefficient (Wildman–Crippen LogP) is 0.554. The van der Waals surface area contributed by atoms with Gasteiger partial charge in [0.2, 0.25) is 10.0 Å². The number of nitrogens with one attached hydrogen (secondary N) is 1. The summed E-state index contributed by atoms with van der Waals surface area (Å²) in [7, 11) is -1.86. The minimum atomic E-state index is -3.48. The topological polar surface area (TPSA) is 99.2 Å². The molecule has 2 rings (SSSR count). The van der Waals surface area contributed by atoms with Gasteiger partial charge < -0.3 is 10.1 Å². The first kappa shape index (κ1) is 15.3. The van der Waals surface area contributed by atoms with Gasteiger partial charge in [-0.2, -0.15) is 5.10 Å². The first-order chi connectivity index (χ1) is 9.34. The zero-order valence-corrected chi connectivity index (χ0v) is 12.9. The van der Waals surface area contributed by atoms with E-state index in [0.717, 1.165) is 11.4 Å². The Morgan fingerprint density at radius 1 is 1.50 bits per heavy atom. The summed E-state index contributed by atoms with van der Waals surface area (Å²) in [5.74, 6) is 0.727. The van der Waals surface area contributed by atoms with Gasteiger partial charge in [0, 0.05) is 12.6 Å². The van der Waals surface area contributed by atoms with Crippen molar-refractivity contribution in [1.29, 1.82) is 0 Å². The average molecular weight is 302 g/mol. The van der Waals surface area contributed by atoms with Crippen LogP contribution < -0.4 is 15.2 Å². The highest BCUT2D eigenvalue weighted by Crippen LogP contribution is 2.32. The molecule has 8 heteroatoms. The van der Waals surface area contributed by atoms with Crippen LogP contribution in [0.3, 0.4) is 0 Å². The lowest BCUT2D eigenvalue weighted by atomic mass is 10.0. The second-order valence-corrected chi connectivity index (χ2v) is 7.23. The summed E-state index contributed by atoms with van der Waals surface area (Å²) < 4.78 is 30.0. The van der Waals surface area contributed by atoms with E-state index in [1.165, 1.54) is 0 Å². The van der Waals surface area contributed by atoms with Gasteiger partial charge in [0.25, 0.3) is 0 Å². The third kappa shape index (κ3) is 2.97. The Morgan fingerprint density at radius 2 is 2.20 bits per heavy atom. The number of nitrogens with two attached hydrogens (primary N) is 1. The van der Waals surface area contributed by atoms with Crippen LogP contribution in [0.15, 0.2) is 6.20 Å². The minimum absolute atomic E-state index is 0.0350. The summed E-state index contributed by atoms with van der Waals surface area (Å²) in [6.07, 6.45) is 2.93. The van der Waals surface area contributed by atoms with Crippen LogP contribution in [0.25, 0.3) is 0 Å². The summed E-state index contributed by atoms with van der Waals surface area (Å²) in [6, 6.07) is 0.250. The first-order valence-corrected chi connectivity index (χ1v) is 8.32. The van der Waals surface area contributed by atoms with Crippen molar-refractivity contribution in [2.45, 2.75) is 44.0 Å². The molecule has 0 bridgehead atoms. The normalized spacial score (nSPS) is 24.1. The number of piperidine rings is 1. The van der Waals surface area contributed by atoms with Crippen LogP contribution in [0.4, 0.5) is 0 Å². The number of hydrogen-bond donors (Lipinski definition) is 2. The zero-order valence-electron chi connectivity index (χ0n) is 12.0. The highest BCUT2D eigenvalue weighted by atomic mass is 32.2. The molecule has 0 aromatic carbocycles. The number of aromatic nitrogens is 2. The zero-order chi connectivity index (χ0) is 14.9. The van der Waals surface area contributed by atoms with Gasteiger partial charge in [-0.05, 0) is 26.7 Å². The van der Waals surface area contributed by atoms with Gasteiger partial charge in [0.15, 0.2) is 5.75 Å². The Hall–Kier alpha value is -1.12. The highest BCUT2D eigenvalue weighted by Gasteiger charge is 2.32. The number of nitrogens with zero attached hydrogens (tertiary/aromatic N) is 2. The number of rotatable bonds is 4. The third-order valence-corrected chi connectivity index (χ3v) is 5.00. The van der Waals surface area contributed by atoms with Crippen molar-refractivity contribution >= 4 is 10.0 Å². The lowest BCUT2D eigenvalue weighted by Crippen LogP contribution is -2.44. The third-order valence-electron chi connectivity index (χ3n) is 3.67. The summed E-state index contributed by atoms with van der Waals surface area (Å²) in [4.78, 5) is 0. The van der Waals surface area contributed by atoms with Crippen LogP contribution in [0.1, 0.15) is 44.5 Å². The quantitative estimate of drug-likeness (QED) is 0.846. The second kappa shape index (κ2) is 5.71. The molecule has 0 radical (unpaired) electrons. The van der Waals surface area contributed by atoms with Gasteiger partial charge in [0.05, 0.1) is 30.3 Å². The number of ether oxygens (including phenoxy) is 1. The summed E-state index contributed by atoms with van der Waals surface area (Å²) in [6.45, 7) is 4.45. The van der Waals surface area contributed by atoms with E-state index >= 15 is 0 Å². The van der Waals surface area contributed by atoms with Crippen LogP contribution in [0.2, 0.25) is 0 Å². The van der Waals surface area contributed by atoms with Crippen LogP contribution in [0.5, 0.6) is 5.75 Å². The van der Waals surface area contributed by atoms with Gasteiger partial charge in [-0.15, -0.1) is 0 Å². The molecule has 0 saturated carbocycles. The summed E-state index contributed by atoms with van der Waals surface area (Å²) in [5.41, 5.74) is 0.968. The number of primary sulfonamides is 1. The Labute approximate surface area is 119 Å². The molecular formula is C12H22N4O3S. The lowest BCUT2D eigenvalue weighted by Gasteiger charge is -2.30. The molecule has 1 aromatic rings. The van der Waals surface area contributed by atoms with Crippen molar-refractivity contribution in [3.63, 3.8) is 0 Å². The maximum absolute atomic E-state index is 11.4. The summed E-state index contributed by atoms with van der Waals surface area (Å²) >= 11 is 0. The SMILES string of the molecule is COc1cnn(C(C)C)c1C1CCC(S(N)(=O)=O)CN1. The fraction of sp³-hybridized carbons (Fsp3) is 0.750. The van der Waals surface area contributed by atoms with Crippen LogP contribution in [-0.2, 0) is 10.0 Å². The van der Waals surface area contributed by atoms with Crippen LogP contribution >= 0.6 is 0 Å². The van der Waals surface area contributed by atoms with Crippen LogP contribution in [0, 0.1) is 0 Å². The van der Waals surface area contributed by atoms with Crippen molar-refractivity contribution in [1.82, 2.24) is 15.1 Å². The van der Waals surface area contributed by atoms with E-state index in [2.05, 4.69) is 10.4 Å². The van der Waals surface area contributed by atoms with Gasteiger partial charge in [-0.1, -0.05) is 0 Å². The molecule has 3 N–H and O–H groups in total. The van der Waals surface area contributed by atoms with E-state index in [4.69, 9.17) is 9.88 Å². The molecule has 20 heavy (non-hydrogen) atoms. The smallest absolute Gasteiger partial charge is 0.213 e. The maximum atomic E-state index is 11.4. The van der Waals surface area contributed by atoms with Crippen molar-refractivity contribution < 1.29 is 13.2 Å². The van der Waals surface area contributed by atoms with Gasteiger partial charge >= 0.3 is 0 Å². The maximum Gasteiger partial charge on any atom is 0.213 e. The van der Waals surface area contributed by atoms with Gasteiger partial charge in [-0.3, -0.25) is 4.68 Å². The Bertz CT molecular complexity index is 559. The van der Waals surface area contributed by atoms with E-state index in [-0.39, 0.29) is 12.1 Å². The minimum Gasteiger partial charge on any atom is -0.493 e. The molecule has 1 aromatic heterocycles. The van der Waals surface area contributed by atoms with E-state index in [0.29, 0.717) is 19.4 Å². The van der Waals surface area contributed by atoms with Gasteiger partial charge in [-0.25, -0.2) is 13.6 Å². The van der Waals surface area contributed by atoms with Crippen molar-refractivity contribution in [2.24, 2.45) is 5.14 Å². The molecule has 2 atom stereocenters. The molecule has 2 unspecified atom stereocenters. The van der Waals surface area contributed by atoms with E-state index < -0.39 is 15.3 Å². The van der Waals surface area contributed by atoms with E-state index in [1.807, 2.05) is 18.5 Å². The molecule has 7 nitrogen and oxygen atoms in total. The Balaban J connectivity index is 2.20. The summed E-state index contributed by atoms with van der Waals surface area (Å²) in [5, 5.41) is 12.3. The number of hydrogen-bond acceptors (Lipinski definition) is 5. The van der Waals surface area contributed by atoms with E-state index in [9.17, 15) is 8.42 Å². The molecule has 114 valence electrons. The number of methoxy groups -OCH3 is 1. The molecular weight excluding hydrogens is 280 g/mol. The molecule has 0 spiro atoms. The Morgan fingerprint density at radius 3 is 2.65 bits per heavy atom. The largest absolute Gasteiger partial charge is 0.493 e. The van der Waals surface area contributed by atoms with Crippen molar-refractivity contribution in [2.75, 3.05) is 13.7 Å². The van der Waals surface area contributed by atoms with E-state index in [1.54, 1.807) is 13.3 Å². The molecule has 0 aliphatic carbocycles. The average Bonchev–Trinajstić information content (AvgIpc) is 2.81. The molecule has 1 saturated heterocycles. The fourth-order valence-corrected chi connectivity index (χ4v) is 3.39. The second-order valence-electron chi connectivity index (χ2n) is 5.39. The predicted molar refractivity (Wildman–Crippen MR) is 76.0 cm³/mol. The molecule has 1 aliphatic rings. The molecule has 2 heterocycles. The van der Waals surface area contributed by atoms with Crippen LogP contribution in [-0.4, -0.2) is 37.1 Å². The van der Waals surface area contributed by atoms with Gasteiger partial charge in [0.1, 0.15) is 0 Å². The molecule has 1 aliphatic heterocycles. The monoisotopic (exact) mass is 302 g/mol. The molecule has 1 fully saturated rings. The van der Waals surface area contributed by atoms with Crippen molar-refractivity contribution in [3.8, 4) is 5.75 Å². The standard InChI is InChI=1S/C12H22N4O3S/c1-8(2)16-12(11(19-3)7-15-16)10-5-4-9(6-14-10)20(13,17)18/h7-10,14H,4-6H2,1-3H3,(H2,13,17,18). The Kier molecular flexibility index (Phi) is 4.36. The molecule has 0 amide bonds. The first-order valence-electron chi connectivity index (χ1n) is 6.71. The fourth-order valence-electron chi connectivity index (χ4n) is 2.60. The number of sulfonamides is 1.